The van der Waals surface area contributed by atoms with Gasteiger partial charge >= 0.3 is 5.97 Å². The molecule has 34 heavy (non-hydrogen) atoms. The quantitative estimate of drug-likeness (QED) is 0.369. The standard InChI is InChI=1S/C20H26ClNO4.C6H4BrCl/c1-20(2,3)26-18(23)10-17-19(24)22(11-13-4-5-13)16(12-25-17)14-6-8-15(21)9-7-14;7-5-2-1-3-6(8)4-5/h6-9,13,16-17H,4-5,10-12H2,1-3H3;1-4H. The summed E-state index contributed by atoms with van der Waals surface area (Å²) in [5.74, 6) is 0.00940. The average Bonchev–Trinajstić information content (AvgIpc) is 3.55. The van der Waals surface area contributed by atoms with Gasteiger partial charge in [0.05, 0.1) is 19.1 Å². The van der Waals surface area contributed by atoms with Crippen molar-refractivity contribution in [2.24, 2.45) is 5.92 Å². The van der Waals surface area contributed by atoms with Crippen LogP contribution in [0.4, 0.5) is 0 Å². The molecular weight excluding hydrogens is 541 g/mol. The molecule has 0 aromatic heterocycles. The second kappa shape index (κ2) is 11.9. The molecule has 0 N–H and O–H groups in total. The summed E-state index contributed by atoms with van der Waals surface area (Å²) in [7, 11) is 0. The van der Waals surface area contributed by atoms with Gasteiger partial charge in [-0.15, -0.1) is 0 Å². The van der Waals surface area contributed by atoms with Gasteiger partial charge in [-0.3, -0.25) is 9.59 Å². The van der Waals surface area contributed by atoms with E-state index in [0.717, 1.165) is 27.9 Å². The summed E-state index contributed by atoms with van der Waals surface area (Å²) in [6.07, 6.45) is 1.47. The number of halogens is 3. The number of amides is 1. The summed E-state index contributed by atoms with van der Waals surface area (Å²) in [4.78, 5) is 27.0. The first-order valence-corrected chi connectivity index (χ1v) is 12.9. The lowest BCUT2D eigenvalue weighted by atomic mass is 10.0. The molecule has 1 heterocycles. The highest BCUT2D eigenvalue weighted by molar-refractivity contribution is 9.10. The highest BCUT2D eigenvalue weighted by Crippen LogP contribution is 2.36. The van der Waals surface area contributed by atoms with Crippen LogP contribution in [0.25, 0.3) is 0 Å². The fourth-order valence-corrected chi connectivity index (χ4v) is 4.45. The van der Waals surface area contributed by atoms with E-state index in [1.165, 1.54) is 0 Å². The first kappa shape index (κ1) is 27.0. The zero-order valence-electron chi connectivity index (χ0n) is 19.6. The smallest absolute Gasteiger partial charge is 0.309 e. The summed E-state index contributed by atoms with van der Waals surface area (Å²) in [5, 5.41) is 1.42. The van der Waals surface area contributed by atoms with E-state index in [1.54, 1.807) is 0 Å². The van der Waals surface area contributed by atoms with Gasteiger partial charge in [0.15, 0.2) is 0 Å². The van der Waals surface area contributed by atoms with Crippen molar-refractivity contribution in [2.45, 2.75) is 57.8 Å². The maximum atomic E-state index is 13.0. The Bertz CT molecular complexity index is 972. The number of carbonyl (C=O) groups excluding carboxylic acids is 2. The molecule has 2 unspecified atom stereocenters. The van der Waals surface area contributed by atoms with Gasteiger partial charge in [0.1, 0.15) is 11.7 Å². The van der Waals surface area contributed by atoms with Crippen LogP contribution in [0.2, 0.25) is 10.0 Å². The summed E-state index contributed by atoms with van der Waals surface area (Å²) >= 11 is 14.9. The van der Waals surface area contributed by atoms with Gasteiger partial charge in [0.2, 0.25) is 0 Å². The maximum Gasteiger partial charge on any atom is 0.309 e. The van der Waals surface area contributed by atoms with Crippen LogP contribution < -0.4 is 0 Å². The molecule has 2 atom stereocenters. The van der Waals surface area contributed by atoms with E-state index < -0.39 is 17.7 Å². The van der Waals surface area contributed by atoms with Crippen LogP contribution in [-0.2, 0) is 19.1 Å². The van der Waals surface area contributed by atoms with Gasteiger partial charge in [0, 0.05) is 21.1 Å². The minimum Gasteiger partial charge on any atom is -0.460 e. The van der Waals surface area contributed by atoms with E-state index in [2.05, 4.69) is 15.9 Å². The number of hydrogen-bond acceptors (Lipinski definition) is 4. The predicted molar refractivity (Wildman–Crippen MR) is 138 cm³/mol. The van der Waals surface area contributed by atoms with Gasteiger partial charge in [-0.1, -0.05) is 57.3 Å². The molecule has 2 aromatic carbocycles. The topological polar surface area (TPSA) is 55.8 Å². The Morgan fingerprint density at radius 3 is 2.32 bits per heavy atom. The number of esters is 1. The molecule has 1 aliphatic heterocycles. The van der Waals surface area contributed by atoms with Crippen molar-refractivity contribution in [3.8, 4) is 0 Å². The Morgan fingerprint density at radius 2 is 1.79 bits per heavy atom. The third-order valence-corrected chi connectivity index (χ3v) is 6.34. The zero-order valence-corrected chi connectivity index (χ0v) is 22.7. The Kier molecular flexibility index (Phi) is 9.44. The number of carbonyl (C=O) groups is 2. The average molecular weight is 571 g/mol. The molecular formula is C26H30BrCl2NO4. The van der Waals surface area contributed by atoms with Crippen LogP contribution in [0.1, 0.15) is 51.6 Å². The van der Waals surface area contributed by atoms with E-state index >= 15 is 0 Å². The molecule has 1 aliphatic carbocycles. The molecule has 1 saturated heterocycles. The number of benzene rings is 2. The van der Waals surface area contributed by atoms with E-state index in [0.29, 0.717) is 24.1 Å². The van der Waals surface area contributed by atoms with E-state index in [1.807, 2.05) is 74.2 Å². The number of ether oxygens (including phenoxy) is 2. The molecule has 2 aromatic rings. The van der Waals surface area contributed by atoms with Gasteiger partial charge < -0.3 is 14.4 Å². The van der Waals surface area contributed by atoms with Crippen molar-refractivity contribution in [3.05, 3.63) is 68.6 Å². The number of hydrogen-bond donors (Lipinski definition) is 0. The maximum absolute atomic E-state index is 13.0. The molecule has 2 aliphatic rings. The van der Waals surface area contributed by atoms with Crippen LogP contribution in [-0.4, -0.2) is 41.6 Å². The lowest BCUT2D eigenvalue weighted by molar-refractivity contribution is -0.171. The van der Waals surface area contributed by atoms with E-state index in [4.69, 9.17) is 32.7 Å². The number of rotatable bonds is 5. The molecule has 2 fully saturated rings. The Morgan fingerprint density at radius 1 is 1.12 bits per heavy atom. The third-order valence-electron chi connectivity index (χ3n) is 5.36. The molecule has 1 saturated carbocycles. The predicted octanol–water partition coefficient (Wildman–Crippen LogP) is 6.85. The molecule has 4 rings (SSSR count). The highest BCUT2D eigenvalue weighted by Gasteiger charge is 2.41. The van der Waals surface area contributed by atoms with Crippen molar-refractivity contribution in [1.82, 2.24) is 4.90 Å². The van der Waals surface area contributed by atoms with Crippen molar-refractivity contribution in [2.75, 3.05) is 13.2 Å². The normalized spacial score (nSPS) is 20.4. The fourth-order valence-electron chi connectivity index (χ4n) is 3.60. The molecule has 184 valence electrons. The van der Waals surface area contributed by atoms with E-state index in [9.17, 15) is 9.59 Å². The van der Waals surface area contributed by atoms with Gasteiger partial charge in [0.25, 0.3) is 5.91 Å². The largest absolute Gasteiger partial charge is 0.460 e. The molecule has 0 radical (unpaired) electrons. The number of nitrogens with zero attached hydrogens (tertiary/aromatic N) is 1. The van der Waals surface area contributed by atoms with Crippen LogP contribution in [0.15, 0.2) is 53.0 Å². The van der Waals surface area contributed by atoms with Gasteiger partial charge in [-0.25, -0.2) is 0 Å². The van der Waals surface area contributed by atoms with Crippen molar-refractivity contribution < 1.29 is 19.1 Å². The molecule has 8 heteroatoms. The summed E-state index contributed by atoms with van der Waals surface area (Å²) in [6, 6.07) is 14.9. The summed E-state index contributed by atoms with van der Waals surface area (Å²) < 4.78 is 12.1. The van der Waals surface area contributed by atoms with Crippen LogP contribution in [0.3, 0.4) is 0 Å². The van der Waals surface area contributed by atoms with Crippen molar-refractivity contribution >= 4 is 51.0 Å². The third kappa shape index (κ3) is 8.56. The first-order chi connectivity index (χ1) is 16.0. The number of morpholine rings is 1. The molecule has 1 amide bonds. The first-order valence-electron chi connectivity index (χ1n) is 11.3. The second-order valence-electron chi connectivity index (χ2n) is 9.55. The molecule has 0 spiro atoms. The minimum absolute atomic E-state index is 0.0510. The van der Waals surface area contributed by atoms with Crippen LogP contribution in [0.5, 0.6) is 0 Å². The summed E-state index contributed by atoms with van der Waals surface area (Å²) in [5.41, 5.74) is 0.424. The minimum atomic E-state index is -0.771. The lowest BCUT2D eigenvalue weighted by Crippen LogP contribution is -2.51. The van der Waals surface area contributed by atoms with Crippen LogP contribution >= 0.6 is 39.1 Å². The van der Waals surface area contributed by atoms with Crippen molar-refractivity contribution in [3.63, 3.8) is 0 Å². The lowest BCUT2D eigenvalue weighted by Gasteiger charge is -2.39. The Balaban J connectivity index is 0.000000343. The Labute approximate surface area is 219 Å². The van der Waals surface area contributed by atoms with Gasteiger partial charge in [-0.2, -0.15) is 0 Å². The SMILES string of the molecule is CC(C)(C)OC(=O)CC1OCC(c2ccc(Cl)cc2)N(CC2CC2)C1=O.Clc1cccc(Br)c1. The summed E-state index contributed by atoms with van der Waals surface area (Å²) in [6.45, 7) is 6.51. The van der Waals surface area contributed by atoms with Crippen LogP contribution in [0, 0.1) is 5.92 Å². The van der Waals surface area contributed by atoms with E-state index in [-0.39, 0.29) is 18.4 Å². The second-order valence-corrected chi connectivity index (χ2v) is 11.3. The highest BCUT2D eigenvalue weighted by atomic mass is 79.9. The van der Waals surface area contributed by atoms with Crippen molar-refractivity contribution in [1.29, 1.82) is 0 Å². The molecule has 0 bridgehead atoms. The fraction of sp³-hybridized carbons (Fsp3) is 0.462. The zero-order chi connectivity index (χ0) is 24.9. The van der Waals surface area contributed by atoms with Gasteiger partial charge in [-0.05, 0) is 75.4 Å². The molecule has 5 nitrogen and oxygen atoms in total. The Hall–Kier alpha value is -1.60. The monoisotopic (exact) mass is 569 g/mol.